The summed E-state index contributed by atoms with van der Waals surface area (Å²) in [6.07, 6.45) is 0. The summed E-state index contributed by atoms with van der Waals surface area (Å²) in [5.41, 5.74) is 0.00743. The van der Waals surface area contributed by atoms with E-state index in [4.69, 9.17) is 0 Å². The van der Waals surface area contributed by atoms with Gasteiger partial charge in [0.15, 0.2) is 11.6 Å². The number of nitrogens with one attached hydrogen (secondary N) is 1. The van der Waals surface area contributed by atoms with Crippen molar-refractivity contribution < 1.29 is 13.2 Å². The molecule has 0 amide bonds. The van der Waals surface area contributed by atoms with Gasteiger partial charge in [0.1, 0.15) is 5.82 Å². The zero-order chi connectivity index (χ0) is 13.8. The highest BCUT2D eigenvalue weighted by molar-refractivity contribution is 5.45. The Labute approximate surface area is 111 Å². The molecule has 0 spiro atoms. The summed E-state index contributed by atoms with van der Waals surface area (Å²) in [7, 11) is 2.08. The van der Waals surface area contributed by atoms with Gasteiger partial charge in [-0.15, -0.1) is 0 Å². The summed E-state index contributed by atoms with van der Waals surface area (Å²) in [6, 6.07) is 1.42. The lowest BCUT2D eigenvalue weighted by atomic mass is 10.2. The molecule has 0 unspecified atom stereocenters. The summed E-state index contributed by atoms with van der Waals surface area (Å²) < 4.78 is 39.1. The minimum absolute atomic E-state index is 0.00743. The lowest BCUT2D eigenvalue weighted by molar-refractivity contribution is 0.158. The first-order valence-electron chi connectivity index (χ1n) is 6.35. The Bertz CT molecular complexity index is 431. The molecular weight excluding hydrogens is 255 g/mol. The van der Waals surface area contributed by atoms with E-state index in [1.807, 2.05) is 0 Å². The van der Waals surface area contributed by atoms with Crippen molar-refractivity contribution in [3.05, 3.63) is 29.6 Å². The molecule has 1 heterocycles. The highest BCUT2D eigenvalue weighted by atomic mass is 19.2. The van der Waals surface area contributed by atoms with Crippen LogP contribution in [0.4, 0.5) is 18.9 Å². The van der Waals surface area contributed by atoms with Gasteiger partial charge >= 0.3 is 0 Å². The Balaban J connectivity index is 1.81. The van der Waals surface area contributed by atoms with Crippen LogP contribution in [0.5, 0.6) is 0 Å². The first kappa shape index (κ1) is 14.1. The van der Waals surface area contributed by atoms with Crippen LogP contribution >= 0.6 is 0 Å². The molecule has 0 atom stereocenters. The second kappa shape index (κ2) is 6.25. The molecule has 1 aliphatic rings. The van der Waals surface area contributed by atoms with Gasteiger partial charge in [-0.25, -0.2) is 13.2 Å². The molecule has 0 aliphatic carbocycles. The van der Waals surface area contributed by atoms with E-state index in [9.17, 15) is 13.2 Å². The molecule has 0 aromatic heterocycles. The normalized spacial score (nSPS) is 17.7. The molecule has 0 radical (unpaired) electrons. The van der Waals surface area contributed by atoms with E-state index in [1.54, 1.807) is 0 Å². The Morgan fingerprint density at radius 1 is 1.00 bits per heavy atom. The average molecular weight is 273 g/mol. The number of benzene rings is 1. The van der Waals surface area contributed by atoms with Gasteiger partial charge in [-0.2, -0.15) is 0 Å². The molecular formula is C13H18F3N3. The van der Waals surface area contributed by atoms with Crippen LogP contribution in [-0.4, -0.2) is 56.1 Å². The first-order valence-corrected chi connectivity index (χ1v) is 6.35. The highest BCUT2D eigenvalue weighted by Gasteiger charge is 2.14. The number of piperazine rings is 1. The maximum atomic E-state index is 13.4. The third-order valence-electron chi connectivity index (χ3n) is 3.35. The summed E-state index contributed by atoms with van der Waals surface area (Å²) in [6.45, 7) is 5.23. The number of hydrogen-bond acceptors (Lipinski definition) is 3. The molecule has 2 rings (SSSR count). The van der Waals surface area contributed by atoms with Crippen molar-refractivity contribution >= 4 is 5.69 Å². The molecule has 19 heavy (non-hydrogen) atoms. The second-order valence-electron chi connectivity index (χ2n) is 4.82. The number of halogens is 3. The predicted molar refractivity (Wildman–Crippen MR) is 68.7 cm³/mol. The van der Waals surface area contributed by atoms with E-state index in [2.05, 4.69) is 22.2 Å². The summed E-state index contributed by atoms with van der Waals surface area (Å²) in [5.74, 6) is -2.97. The van der Waals surface area contributed by atoms with Crippen LogP contribution < -0.4 is 5.32 Å². The van der Waals surface area contributed by atoms with Crippen LogP contribution in [0.25, 0.3) is 0 Å². The Morgan fingerprint density at radius 2 is 1.63 bits per heavy atom. The van der Waals surface area contributed by atoms with Crippen LogP contribution in [0.3, 0.4) is 0 Å². The number of anilines is 1. The fourth-order valence-electron chi connectivity index (χ4n) is 2.08. The molecule has 106 valence electrons. The monoisotopic (exact) mass is 273 g/mol. The molecule has 1 fully saturated rings. The lowest BCUT2D eigenvalue weighted by Gasteiger charge is -2.32. The zero-order valence-corrected chi connectivity index (χ0v) is 10.9. The second-order valence-corrected chi connectivity index (χ2v) is 4.82. The van der Waals surface area contributed by atoms with Crippen molar-refractivity contribution in [1.82, 2.24) is 9.80 Å². The summed E-state index contributed by atoms with van der Waals surface area (Å²) >= 11 is 0. The smallest absolute Gasteiger partial charge is 0.161 e. The van der Waals surface area contributed by atoms with Gasteiger partial charge in [-0.05, 0) is 7.05 Å². The SMILES string of the molecule is CN1CCN(CCNc2cc(F)c(F)cc2F)CC1. The van der Waals surface area contributed by atoms with Crippen molar-refractivity contribution in [2.24, 2.45) is 0 Å². The summed E-state index contributed by atoms with van der Waals surface area (Å²) in [5, 5.41) is 2.80. The Hall–Kier alpha value is -1.27. The molecule has 1 aliphatic heterocycles. The molecule has 3 nitrogen and oxygen atoms in total. The third-order valence-corrected chi connectivity index (χ3v) is 3.35. The van der Waals surface area contributed by atoms with Crippen molar-refractivity contribution in [2.75, 3.05) is 51.6 Å². The van der Waals surface area contributed by atoms with Crippen LogP contribution in [-0.2, 0) is 0 Å². The Morgan fingerprint density at radius 3 is 2.32 bits per heavy atom. The molecule has 0 saturated carbocycles. The van der Waals surface area contributed by atoms with E-state index < -0.39 is 17.5 Å². The molecule has 1 N–H and O–H groups in total. The van der Waals surface area contributed by atoms with E-state index in [0.717, 1.165) is 38.8 Å². The van der Waals surface area contributed by atoms with Gasteiger partial charge in [-0.1, -0.05) is 0 Å². The molecule has 0 bridgehead atoms. The highest BCUT2D eigenvalue weighted by Crippen LogP contribution is 2.18. The van der Waals surface area contributed by atoms with Crippen LogP contribution in [0, 0.1) is 17.5 Å². The van der Waals surface area contributed by atoms with Gasteiger partial charge < -0.3 is 10.2 Å². The molecule has 1 aromatic carbocycles. The number of hydrogen-bond donors (Lipinski definition) is 1. The number of nitrogens with zero attached hydrogens (tertiary/aromatic N) is 2. The van der Waals surface area contributed by atoms with Gasteiger partial charge in [0.25, 0.3) is 0 Å². The van der Waals surface area contributed by atoms with Crippen molar-refractivity contribution in [2.45, 2.75) is 0 Å². The molecule has 1 saturated heterocycles. The largest absolute Gasteiger partial charge is 0.381 e. The van der Waals surface area contributed by atoms with Gasteiger partial charge in [0.2, 0.25) is 0 Å². The maximum absolute atomic E-state index is 13.4. The first-order chi connectivity index (χ1) is 9.06. The summed E-state index contributed by atoms with van der Waals surface area (Å²) in [4.78, 5) is 4.50. The van der Waals surface area contributed by atoms with Crippen molar-refractivity contribution in [3.8, 4) is 0 Å². The minimum Gasteiger partial charge on any atom is -0.381 e. The van der Waals surface area contributed by atoms with Crippen LogP contribution in [0.2, 0.25) is 0 Å². The van der Waals surface area contributed by atoms with Gasteiger partial charge in [-0.3, -0.25) is 4.90 Å². The van der Waals surface area contributed by atoms with Crippen LogP contribution in [0.15, 0.2) is 12.1 Å². The van der Waals surface area contributed by atoms with Crippen molar-refractivity contribution in [3.63, 3.8) is 0 Å². The molecule has 6 heteroatoms. The fourth-order valence-corrected chi connectivity index (χ4v) is 2.08. The van der Waals surface area contributed by atoms with Crippen LogP contribution in [0.1, 0.15) is 0 Å². The maximum Gasteiger partial charge on any atom is 0.161 e. The lowest BCUT2D eigenvalue weighted by Crippen LogP contribution is -2.45. The van der Waals surface area contributed by atoms with Gasteiger partial charge in [0, 0.05) is 51.4 Å². The zero-order valence-electron chi connectivity index (χ0n) is 10.9. The topological polar surface area (TPSA) is 18.5 Å². The standard InChI is InChI=1S/C13H18F3N3/c1-18-4-6-19(7-5-18)3-2-17-13-9-11(15)10(14)8-12(13)16/h8-9,17H,2-7H2,1H3. The predicted octanol–water partition coefficient (Wildman–Crippen LogP) is 1.76. The van der Waals surface area contributed by atoms with E-state index in [0.29, 0.717) is 12.6 Å². The van der Waals surface area contributed by atoms with E-state index >= 15 is 0 Å². The van der Waals surface area contributed by atoms with Gasteiger partial charge in [0.05, 0.1) is 5.69 Å². The van der Waals surface area contributed by atoms with Crippen molar-refractivity contribution in [1.29, 1.82) is 0 Å². The Kier molecular flexibility index (Phi) is 4.66. The quantitative estimate of drug-likeness (QED) is 0.843. The molecule has 1 aromatic rings. The number of likely N-dealkylation sites (N-methyl/N-ethyl adjacent to an activating group) is 1. The van der Waals surface area contributed by atoms with E-state index in [-0.39, 0.29) is 5.69 Å². The number of rotatable bonds is 4. The fraction of sp³-hybridized carbons (Fsp3) is 0.538. The minimum atomic E-state index is -1.16. The van der Waals surface area contributed by atoms with E-state index in [1.165, 1.54) is 0 Å². The average Bonchev–Trinajstić information content (AvgIpc) is 2.38. The third kappa shape index (κ3) is 3.84.